The summed E-state index contributed by atoms with van der Waals surface area (Å²) in [6.07, 6.45) is 0. The van der Waals surface area contributed by atoms with Crippen LogP contribution in [0.1, 0.15) is 47.7 Å². The van der Waals surface area contributed by atoms with Crippen LogP contribution in [0.3, 0.4) is 0 Å². The van der Waals surface area contributed by atoms with Crippen molar-refractivity contribution >= 4 is 38.9 Å². The Morgan fingerprint density at radius 1 is 1.16 bits per heavy atom. The first-order valence-corrected chi connectivity index (χ1v) is 8.34. The second-order valence-corrected chi connectivity index (χ2v) is 8.68. The molecule has 0 saturated carbocycles. The third-order valence-electron chi connectivity index (χ3n) is 3.20. The Balaban J connectivity index is 2.27. The summed E-state index contributed by atoms with van der Waals surface area (Å²) in [5.41, 5.74) is 3.92. The van der Waals surface area contributed by atoms with E-state index in [1.165, 1.54) is 19.8 Å². The van der Waals surface area contributed by atoms with Crippen LogP contribution in [-0.4, -0.2) is 0 Å². The van der Waals surface area contributed by atoms with Crippen molar-refractivity contribution in [2.45, 2.75) is 38.5 Å². The van der Waals surface area contributed by atoms with Gasteiger partial charge in [-0.1, -0.05) is 45.0 Å². The predicted octanol–water partition coefficient (Wildman–Crippen LogP) is 6.44. The Hall–Kier alpha value is -0.310. The number of benzene rings is 1. The zero-order valence-corrected chi connectivity index (χ0v) is 14.8. The number of hydrogen-bond donors (Lipinski definition) is 0. The van der Waals surface area contributed by atoms with Crippen molar-refractivity contribution in [1.82, 2.24) is 0 Å². The first-order valence-electron chi connectivity index (χ1n) is 6.29. The van der Waals surface area contributed by atoms with Crippen molar-refractivity contribution in [3.63, 3.8) is 0 Å². The summed E-state index contributed by atoms with van der Waals surface area (Å²) in [5, 5.41) is -0.0657. The highest BCUT2D eigenvalue weighted by atomic mass is 79.9. The van der Waals surface area contributed by atoms with Gasteiger partial charge in [0.25, 0.3) is 0 Å². The van der Waals surface area contributed by atoms with E-state index in [0.717, 1.165) is 5.56 Å². The summed E-state index contributed by atoms with van der Waals surface area (Å²) < 4.78 is 1.17. The van der Waals surface area contributed by atoms with Gasteiger partial charge in [0.1, 0.15) is 0 Å². The van der Waals surface area contributed by atoms with Gasteiger partial charge in [0.05, 0.1) is 9.16 Å². The fraction of sp³-hybridized carbons (Fsp3) is 0.375. The average Bonchev–Trinajstić information content (AvgIpc) is 2.68. The molecular formula is C16H18BrClS. The Morgan fingerprint density at radius 2 is 1.74 bits per heavy atom. The maximum atomic E-state index is 6.57. The van der Waals surface area contributed by atoms with Crippen LogP contribution in [-0.2, 0) is 5.41 Å². The van der Waals surface area contributed by atoms with E-state index in [2.05, 4.69) is 74.0 Å². The smallest absolute Gasteiger partial charge is 0.0928 e. The van der Waals surface area contributed by atoms with Crippen molar-refractivity contribution < 1.29 is 0 Å². The molecule has 0 aliphatic carbocycles. The molecule has 0 fully saturated rings. The lowest BCUT2D eigenvalue weighted by molar-refractivity contribution is 0.590. The van der Waals surface area contributed by atoms with Crippen molar-refractivity contribution in [3.05, 3.63) is 55.7 Å². The molecule has 1 aromatic heterocycles. The molecular weight excluding hydrogens is 340 g/mol. The van der Waals surface area contributed by atoms with Gasteiger partial charge in [-0.2, -0.15) is 0 Å². The Bertz CT molecular complexity index is 544. The third-order valence-corrected chi connectivity index (χ3v) is 6.01. The molecule has 0 amide bonds. The summed E-state index contributed by atoms with van der Waals surface area (Å²) in [7, 11) is 0. The fourth-order valence-corrected chi connectivity index (χ4v) is 3.84. The minimum Gasteiger partial charge on any atom is -0.131 e. The van der Waals surface area contributed by atoms with E-state index >= 15 is 0 Å². The van der Waals surface area contributed by atoms with E-state index in [9.17, 15) is 0 Å². The molecule has 0 radical (unpaired) electrons. The largest absolute Gasteiger partial charge is 0.131 e. The van der Waals surface area contributed by atoms with Gasteiger partial charge in [-0.25, -0.2) is 0 Å². The summed E-state index contributed by atoms with van der Waals surface area (Å²) in [6, 6.07) is 10.8. The highest BCUT2D eigenvalue weighted by Crippen LogP contribution is 2.38. The minimum absolute atomic E-state index is 0.0657. The van der Waals surface area contributed by atoms with Crippen LogP contribution in [0.2, 0.25) is 0 Å². The molecule has 0 saturated heterocycles. The quantitative estimate of drug-likeness (QED) is 0.542. The maximum Gasteiger partial charge on any atom is 0.0928 e. The second kappa shape index (κ2) is 5.59. The van der Waals surface area contributed by atoms with Gasteiger partial charge < -0.3 is 0 Å². The number of alkyl halides is 1. The molecule has 2 aromatic rings. The Labute approximate surface area is 132 Å². The predicted molar refractivity (Wildman–Crippen MR) is 89.6 cm³/mol. The molecule has 2 rings (SSSR count). The maximum absolute atomic E-state index is 6.57. The molecule has 1 heterocycles. The van der Waals surface area contributed by atoms with Crippen molar-refractivity contribution in [1.29, 1.82) is 0 Å². The van der Waals surface area contributed by atoms with Crippen molar-refractivity contribution in [2.24, 2.45) is 0 Å². The van der Waals surface area contributed by atoms with E-state index in [1.807, 2.05) is 0 Å². The number of halogens is 2. The van der Waals surface area contributed by atoms with Gasteiger partial charge in [-0.3, -0.25) is 0 Å². The SMILES string of the molecule is Cc1cc(C(Cl)c2ccc(C(C)(C)C)cc2)sc1Br. The van der Waals surface area contributed by atoms with Crippen LogP contribution in [0.4, 0.5) is 0 Å². The van der Waals surface area contributed by atoms with Crippen LogP contribution < -0.4 is 0 Å². The molecule has 0 aliphatic heterocycles. The average molecular weight is 358 g/mol. The van der Waals surface area contributed by atoms with Crippen LogP contribution in [0.25, 0.3) is 0 Å². The standard InChI is InChI=1S/C16H18BrClS/c1-10-9-13(19-15(10)17)14(18)11-5-7-12(8-6-11)16(2,3)4/h5-9,14H,1-4H3. The fourth-order valence-electron chi connectivity index (χ4n) is 1.92. The Morgan fingerprint density at radius 3 is 2.16 bits per heavy atom. The number of rotatable bonds is 2. The van der Waals surface area contributed by atoms with E-state index in [1.54, 1.807) is 11.3 Å². The molecule has 0 aliphatic rings. The van der Waals surface area contributed by atoms with Crippen LogP contribution >= 0.6 is 38.9 Å². The summed E-state index contributed by atoms with van der Waals surface area (Å²) in [5.74, 6) is 0. The van der Waals surface area contributed by atoms with Crippen molar-refractivity contribution in [2.75, 3.05) is 0 Å². The lowest BCUT2D eigenvalue weighted by atomic mass is 9.86. The monoisotopic (exact) mass is 356 g/mol. The van der Waals surface area contributed by atoms with Crippen LogP contribution in [0, 0.1) is 6.92 Å². The van der Waals surface area contributed by atoms with Crippen molar-refractivity contribution in [3.8, 4) is 0 Å². The first-order chi connectivity index (χ1) is 8.79. The highest BCUT2D eigenvalue weighted by molar-refractivity contribution is 9.11. The van der Waals surface area contributed by atoms with Gasteiger partial charge in [-0.15, -0.1) is 22.9 Å². The lowest BCUT2D eigenvalue weighted by Crippen LogP contribution is -2.10. The number of hydrogen-bond acceptors (Lipinski definition) is 1. The normalized spacial score (nSPS) is 13.6. The Kier molecular flexibility index (Phi) is 4.44. The first kappa shape index (κ1) is 15.1. The van der Waals surface area contributed by atoms with Gasteiger partial charge in [0.15, 0.2) is 0 Å². The molecule has 1 atom stereocenters. The zero-order valence-electron chi connectivity index (χ0n) is 11.6. The van der Waals surface area contributed by atoms with E-state index < -0.39 is 0 Å². The van der Waals surface area contributed by atoms with Gasteiger partial charge >= 0.3 is 0 Å². The highest BCUT2D eigenvalue weighted by Gasteiger charge is 2.17. The molecule has 3 heteroatoms. The van der Waals surface area contributed by atoms with Gasteiger partial charge in [0.2, 0.25) is 0 Å². The number of aryl methyl sites for hydroxylation is 1. The van der Waals surface area contributed by atoms with Crippen LogP contribution in [0.5, 0.6) is 0 Å². The summed E-state index contributed by atoms with van der Waals surface area (Å²) in [4.78, 5) is 1.19. The van der Waals surface area contributed by atoms with E-state index in [4.69, 9.17) is 11.6 Å². The molecule has 0 nitrogen and oxygen atoms in total. The van der Waals surface area contributed by atoms with Gasteiger partial charge in [-0.05, 0) is 51.0 Å². The molecule has 102 valence electrons. The molecule has 0 N–H and O–H groups in total. The second-order valence-electron chi connectivity index (χ2n) is 5.84. The van der Waals surface area contributed by atoms with E-state index in [-0.39, 0.29) is 10.8 Å². The summed E-state index contributed by atoms with van der Waals surface area (Å²) >= 11 is 11.8. The molecule has 0 bridgehead atoms. The topological polar surface area (TPSA) is 0 Å². The van der Waals surface area contributed by atoms with E-state index in [0.29, 0.717) is 0 Å². The molecule has 1 unspecified atom stereocenters. The minimum atomic E-state index is -0.0657. The molecule has 0 spiro atoms. The summed E-state index contributed by atoms with van der Waals surface area (Å²) in [6.45, 7) is 8.76. The molecule has 19 heavy (non-hydrogen) atoms. The zero-order chi connectivity index (χ0) is 14.2. The lowest BCUT2D eigenvalue weighted by Gasteiger charge is -2.19. The molecule has 1 aromatic carbocycles. The van der Waals surface area contributed by atoms with Gasteiger partial charge in [0, 0.05) is 4.88 Å². The number of thiophene rings is 1. The van der Waals surface area contributed by atoms with Crippen LogP contribution in [0.15, 0.2) is 34.1 Å². The third kappa shape index (κ3) is 3.42.